The van der Waals surface area contributed by atoms with Crippen LogP contribution in [0.25, 0.3) is 0 Å². The van der Waals surface area contributed by atoms with Crippen LogP contribution in [-0.2, 0) is 0 Å². The molecule has 0 unspecified atom stereocenters. The fraction of sp³-hybridized carbons (Fsp3) is 1.00. The van der Waals surface area contributed by atoms with Gasteiger partial charge in [0.15, 0.2) is 0 Å². The van der Waals surface area contributed by atoms with Crippen LogP contribution in [-0.4, -0.2) is 66.3 Å². The first kappa shape index (κ1) is 34.0. The van der Waals surface area contributed by atoms with Gasteiger partial charge in [-0.15, -0.1) is 0 Å². The second-order valence-corrected chi connectivity index (χ2v) is 12.6. The minimum atomic E-state index is -1.10. The average molecular weight is 460 g/mol. The van der Waals surface area contributed by atoms with Crippen LogP contribution in [0.15, 0.2) is 0 Å². The van der Waals surface area contributed by atoms with Gasteiger partial charge in [-0.2, -0.15) is 0 Å². The number of likely N-dealkylation sites (tertiary alicyclic amines) is 1. The van der Waals surface area contributed by atoms with Gasteiger partial charge in [-0.05, 0) is 72.4 Å². The molecular weight excluding hydrogens is 397 g/mol. The number of nitrogens with one attached hydrogen (secondary N) is 1. The first-order valence-corrected chi connectivity index (χ1v) is 12.8. The maximum Gasteiger partial charge on any atom is 0.118 e. The Morgan fingerprint density at radius 2 is 1.38 bits per heavy atom. The molecule has 1 fully saturated rings. The summed E-state index contributed by atoms with van der Waals surface area (Å²) in [5, 5.41) is 3.25. The van der Waals surface area contributed by atoms with Crippen molar-refractivity contribution < 1.29 is 4.39 Å². The lowest BCUT2D eigenvalue weighted by atomic mass is 9.65. The summed E-state index contributed by atoms with van der Waals surface area (Å²) in [5.74, 6) is 0. The maximum atomic E-state index is 16.3. The summed E-state index contributed by atoms with van der Waals surface area (Å²) in [6.45, 7) is 31.4. The zero-order chi connectivity index (χ0) is 24.7. The van der Waals surface area contributed by atoms with Gasteiger partial charge in [-0.1, -0.05) is 62.8 Å². The molecule has 0 saturated carbocycles. The summed E-state index contributed by atoms with van der Waals surface area (Å²) in [5.41, 5.74) is -1.05. The van der Waals surface area contributed by atoms with Crippen LogP contribution in [0, 0.1) is 10.8 Å². The van der Waals surface area contributed by atoms with Crippen molar-refractivity contribution in [2.45, 2.75) is 133 Å². The molecule has 1 aliphatic heterocycles. The predicted octanol–water partition coefficient (Wildman–Crippen LogP) is 7.40. The molecule has 196 valence electrons. The zero-order valence-corrected chi connectivity index (χ0v) is 23.6. The van der Waals surface area contributed by atoms with Crippen molar-refractivity contribution in [3.63, 3.8) is 0 Å². The molecule has 3 nitrogen and oxygen atoms in total. The highest BCUT2D eigenvalue weighted by Crippen LogP contribution is 2.49. The standard InChI is InChI=1S/C25H52FN3.C2H6.CH4/c1-12-28(18-15-27-11)24(9,10)20-22(5,6)25(26)13-16-29(17-14-25)23(7,8)19-21(2,3)4;1-2;/h27H,12-20H2,1-11H3;1-2H3;1H4. The zero-order valence-electron chi connectivity index (χ0n) is 23.6. The van der Waals surface area contributed by atoms with E-state index in [9.17, 15) is 0 Å². The highest BCUT2D eigenvalue weighted by atomic mass is 19.1. The predicted molar refractivity (Wildman–Crippen MR) is 145 cm³/mol. The second kappa shape index (κ2) is 13.0. The molecular formula is C28H62FN3. The van der Waals surface area contributed by atoms with Crippen molar-refractivity contribution in [1.82, 2.24) is 15.1 Å². The third-order valence-electron chi connectivity index (χ3n) is 7.33. The van der Waals surface area contributed by atoms with Crippen molar-refractivity contribution in [1.29, 1.82) is 0 Å². The van der Waals surface area contributed by atoms with E-state index < -0.39 is 5.67 Å². The lowest BCUT2D eigenvalue weighted by Crippen LogP contribution is -2.58. The topological polar surface area (TPSA) is 18.5 Å². The molecule has 0 bridgehead atoms. The van der Waals surface area contributed by atoms with Gasteiger partial charge < -0.3 is 5.32 Å². The lowest BCUT2D eigenvalue weighted by Gasteiger charge is -2.53. The van der Waals surface area contributed by atoms with Crippen molar-refractivity contribution >= 4 is 0 Å². The number of hydrogen-bond acceptors (Lipinski definition) is 3. The molecule has 0 aromatic heterocycles. The number of halogens is 1. The highest BCUT2D eigenvalue weighted by molar-refractivity contribution is 5.03. The van der Waals surface area contributed by atoms with Gasteiger partial charge in [0.05, 0.1) is 0 Å². The van der Waals surface area contributed by atoms with E-state index in [1.54, 1.807) is 0 Å². The molecule has 0 spiro atoms. The molecule has 0 aromatic carbocycles. The maximum absolute atomic E-state index is 16.3. The number of rotatable bonds is 10. The normalized spacial score (nSPS) is 18.1. The third-order valence-corrected chi connectivity index (χ3v) is 7.33. The van der Waals surface area contributed by atoms with Gasteiger partial charge in [-0.3, -0.25) is 9.80 Å². The van der Waals surface area contributed by atoms with Crippen LogP contribution in [0.3, 0.4) is 0 Å². The molecule has 1 N–H and O–H groups in total. The summed E-state index contributed by atoms with van der Waals surface area (Å²) in [6, 6.07) is 0. The Labute approximate surface area is 203 Å². The van der Waals surface area contributed by atoms with E-state index in [2.05, 4.69) is 84.4 Å². The van der Waals surface area contributed by atoms with Crippen molar-refractivity contribution in [2.75, 3.05) is 39.8 Å². The van der Waals surface area contributed by atoms with Crippen LogP contribution in [0.1, 0.15) is 116 Å². The van der Waals surface area contributed by atoms with Gasteiger partial charge >= 0.3 is 0 Å². The molecule has 0 radical (unpaired) electrons. The van der Waals surface area contributed by atoms with E-state index >= 15 is 4.39 Å². The fourth-order valence-corrected chi connectivity index (χ4v) is 6.04. The monoisotopic (exact) mass is 459 g/mol. The first-order valence-electron chi connectivity index (χ1n) is 12.8. The minimum absolute atomic E-state index is 0. The SMILES string of the molecule is C.CC.CCN(CCNC)C(C)(C)CC(C)(C)C1(F)CCN(C(C)(C)CC(C)(C)C)CC1. The fourth-order valence-electron chi connectivity index (χ4n) is 6.04. The number of likely N-dealkylation sites (N-methyl/N-ethyl adjacent to an activating group) is 2. The summed E-state index contributed by atoms with van der Waals surface area (Å²) in [6.07, 6.45) is 3.30. The number of hydrogen-bond donors (Lipinski definition) is 1. The Hall–Kier alpha value is -0.190. The van der Waals surface area contributed by atoms with Gasteiger partial charge in [-0.25, -0.2) is 4.39 Å². The van der Waals surface area contributed by atoms with Crippen molar-refractivity contribution in [3.05, 3.63) is 0 Å². The highest BCUT2D eigenvalue weighted by Gasteiger charge is 2.51. The summed E-state index contributed by atoms with van der Waals surface area (Å²) in [4.78, 5) is 5.03. The molecule has 4 heteroatoms. The smallest absolute Gasteiger partial charge is 0.118 e. The molecule has 1 heterocycles. The number of nitrogens with zero attached hydrogens (tertiary/aromatic N) is 2. The van der Waals surface area contributed by atoms with Crippen LogP contribution in [0.2, 0.25) is 0 Å². The van der Waals surface area contributed by atoms with E-state index in [-0.39, 0.29) is 29.3 Å². The largest absolute Gasteiger partial charge is 0.318 e. The first-order chi connectivity index (χ1) is 14.0. The van der Waals surface area contributed by atoms with E-state index in [0.29, 0.717) is 12.8 Å². The van der Waals surface area contributed by atoms with E-state index in [1.807, 2.05) is 20.9 Å². The summed E-state index contributed by atoms with van der Waals surface area (Å²) < 4.78 is 16.3. The molecule has 0 atom stereocenters. The second-order valence-electron chi connectivity index (χ2n) is 12.6. The van der Waals surface area contributed by atoms with Crippen LogP contribution >= 0.6 is 0 Å². The van der Waals surface area contributed by atoms with Crippen LogP contribution in [0.4, 0.5) is 4.39 Å². The van der Waals surface area contributed by atoms with Gasteiger partial charge in [0.25, 0.3) is 0 Å². The molecule has 0 aliphatic carbocycles. The van der Waals surface area contributed by atoms with E-state index in [0.717, 1.165) is 45.6 Å². The molecule has 0 aromatic rings. The quantitative estimate of drug-likeness (QED) is 0.367. The Morgan fingerprint density at radius 1 is 0.906 bits per heavy atom. The Bertz CT molecular complexity index is 497. The number of piperidine rings is 1. The molecule has 0 amide bonds. The lowest BCUT2D eigenvalue weighted by molar-refractivity contribution is -0.0843. The summed E-state index contributed by atoms with van der Waals surface area (Å²) >= 11 is 0. The molecule has 1 aliphatic rings. The molecule has 1 rings (SSSR count). The Kier molecular flexibility index (Phi) is 13.9. The van der Waals surface area contributed by atoms with E-state index in [4.69, 9.17) is 0 Å². The molecule has 1 saturated heterocycles. The Morgan fingerprint density at radius 3 is 1.75 bits per heavy atom. The van der Waals surface area contributed by atoms with Crippen LogP contribution in [0.5, 0.6) is 0 Å². The van der Waals surface area contributed by atoms with Gasteiger partial charge in [0.1, 0.15) is 5.67 Å². The summed E-state index contributed by atoms with van der Waals surface area (Å²) in [7, 11) is 2.00. The minimum Gasteiger partial charge on any atom is -0.318 e. The van der Waals surface area contributed by atoms with Gasteiger partial charge in [0, 0.05) is 42.7 Å². The van der Waals surface area contributed by atoms with Crippen LogP contribution < -0.4 is 5.32 Å². The average Bonchev–Trinajstić information content (AvgIpc) is 2.61. The third kappa shape index (κ3) is 9.58. The molecule has 32 heavy (non-hydrogen) atoms. The van der Waals surface area contributed by atoms with E-state index in [1.165, 1.54) is 0 Å². The Balaban J connectivity index is 0. The number of alkyl halides is 1. The van der Waals surface area contributed by atoms with Crippen molar-refractivity contribution in [2.24, 2.45) is 10.8 Å². The van der Waals surface area contributed by atoms with Gasteiger partial charge in [0.2, 0.25) is 0 Å². The van der Waals surface area contributed by atoms with Crippen molar-refractivity contribution in [3.8, 4) is 0 Å².